The van der Waals surface area contributed by atoms with Gasteiger partial charge in [-0.25, -0.2) is 4.98 Å². The second-order valence-corrected chi connectivity index (χ2v) is 5.40. The molecule has 0 saturated heterocycles. The van der Waals surface area contributed by atoms with E-state index < -0.39 is 11.4 Å². The number of nitrogens with one attached hydrogen (secondary N) is 1. The molecule has 2 N–H and O–H groups in total. The minimum absolute atomic E-state index is 0.455. The summed E-state index contributed by atoms with van der Waals surface area (Å²) in [6.07, 6.45) is 4.67. The maximum Gasteiger partial charge on any atom is 0.311 e. The normalized spacial score (nSPS) is 18.9. The number of rotatable bonds is 4. The highest BCUT2D eigenvalue weighted by molar-refractivity contribution is 7.09. The van der Waals surface area contributed by atoms with Gasteiger partial charge in [-0.15, -0.1) is 0 Å². The summed E-state index contributed by atoms with van der Waals surface area (Å²) in [5.74, 6) is 0.0384. The van der Waals surface area contributed by atoms with E-state index in [9.17, 15) is 9.90 Å². The van der Waals surface area contributed by atoms with Crippen molar-refractivity contribution in [1.29, 1.82) is 0 Å². The Kier molecular flexibility index (Phi) is 3.61. The molecule has 94 valence electrons. The molecule has 1 aliphatic rings. The monoisotopic (exact) mass is 255 g/mol. The van der Waals surface area contributed by atoms with E-state index in [2.05, 4.69) is 14.7 Å². The van der Waals surface area contributed by atoms with Gasteiger partial charge in [0.05, 0.1) is 5.41 Å². The molecule has 0 radical (unpaired) electrons. The van der Waals surface area contributed by atoms with Crippen molar-refractivity contribution in [2.45, 2.75) is 39.0 Å². The Morgan fingerprint density at radius 1 is 1.47 bits per heavy atom. The van der Waals surface area contributed by atoms with E-state index in [-0.39, 0.29) is 0 Å². The van der Waals surface area contributed by atoms with Crippen molar-refractivity contribution >= 4 is 22.6 Å². The summed E-state index contributed by atoms with van der Waals surface area (Å²) in [7, 11) is 0. The number of hydrogen-bond acceptors (Lipinski definition) is 5. The molecule has 1 aromatic heterocycles. The third kappa shape index (κ3) is 2.74. The highest BCUT2D eigenvalue weighted by atomic mass is 32.1. The van der Waals surface area contributed by atoms with Crippen LogP contribution in [0.1, 0.15) is 37.9 Å². The maximum atomic E-state index is 11.4. The largest absolute Gasteiger partial charge is 0.481 e. The lowest BCUT2D eigenvalue weighted by molar-refractivity contribution is -0.150. The standard InChI is InChI=1S/C11H17N3O2S/c1-8-13-10(17-14-8)12-7-11(9(15)16)5-3-2-4-6-11/h2-7H2,1H3,(H,15,16)(H,12,13,14). The van der Waals surface area contributed by atoms with Crippen molar-refractivity contribution in [3.63, 3.8) is 0 Å². The number of hydrogen-bond donors (Lipinski definition) is 2. The summed E-state index contributed by atoms with van der Waals surface area (Å²) in [5, 5.41) is 13.2. The molecule has 1 fully saturated rings. The van der Waals surface area contributed by atoms with E-state index in [1.54, 1.807) is 0 Å². The van der Waals surface area contributed by atoms with E-state index in [0.29, 0.717) is 11.7 Å². The molecule has 6 heteroatoms. The average molecular weight is 255 g/mol. The third-order valence-electron chi connectivity index (χ3n) is 3.37. The van der Waals surface area contributed by atoms with Crippen molar-refractivity contribution in [2.75, 3.05) is 11.9 Å². The highest BCUT2D eigenvalue weighted by Gasteiger charge is 2.39. The molecule has 2 rings (SSSR count). The average Bonchev–Trinajstić information content (AvgIpc) is 2.74. The minimum Gasteiger partial charge on any atom is -0.481 e. The van der Waals surface area contributed by atoms with E-state index in [4.69, 9.17) is 0 Å². The quantitative estimate of drug-likeness (QED) is 0.863. The third-order valence-corrected chi connectivity index (χ3v) is 4.13. The number of carbonyl (C=O) groups is 1. The van der Waals surface area contributed by atoms with Gasteiger partial charge in [0, 0.05) is 18.1 Å². The van der Waals surface area contributed by atoms with Crippen molar-refractivity contribution in [3.8, 4) is 0 Å². The van der Waals surface area contributed by atoms with Crippen LogP contribution >= 0.6 is 11.5 Å². The number of nitrogens with zero attached hydrogens (tertiary/aromatic N) is 2. The van der Waals surface area contributed by atoms with Crippen LogP contribution in [0.25, 0.3) is 0 Å². The molecule has 1 heterocycles. The minimum atomic E-state index is -0.689. The summed E-state index contributed by atoms with van der Waals surface area (Å²) in [6.45, 7) is 2.28. The van der Waals surface area contributed by atoms with Crippen LogP contribution in [-0.4, -0.2) is 27.0 Å². The number of anilines is 1. The zero-order valence-corrected chi connectivity index (χ0v) is 10.7. The molecule has 1 aliphatic carbocycles. The molecule has 0 aromatic carbocycles. The summed E-state index contributed by atoms with van der Waals surface area (Å²) >= 11 is 1.28. The lowest BCUT2D eigenvalue weighted by Gasteiger charge is -2.33. The Hall–Kier alpha value is -1.17. The van der Waals surface area contributed by atoms with Crippen molar-refractivity contribution < 1.29 is 9.90 Å². The number of aliphatic carboxylic acids is 1. The summed E-state index contributed by atoms with van der Waals surface area (Å²) < 4.78 is 4.07. The van der Waals surface area contributed by atoms with Crippen LogP contribution in [0.4, 0.5) is 5.13 Å². The Bertz CT molecular complexity index is 399. The van der Waals surface area contributed by atoms with Gasteiger partial charge in [0.25, 0.3) is 0 Å². The van der Waals surface area contributed by atoms with Crippen molar-refractivity contribution in [1.82, 2.24) is 9.36 Å². The Morgan fingerprint density at radius 3 is 2.71 bits per heavy atom. The number of aromatic nitrogens is 2. The zero-order chi connectivity index (χ0) is 12.3. The summed E-state index contributed by atoms with van der Waals surface area (Å²) in [6, 6.07) is 0. The van der Waals surface area contributed by atoms with E-state index in [0.717, 1.165) is 37.9 Å². The second kappa shape index (κ2) is 5.00. The van der Waals surface area contributed by atoms with Gasteiger partial charge in [0.1, 0.15) is 5.82 Å². The van der Waals surface area contributed by atoms with Gasteiger partial charge in [0.2, 0.25) is 5.13 Å². The first-order valence-electron chi connectivity index (χ1n) is 5.90. The number of aryl methyl sites for hydroxylation is 1. The summed E-state index contributed by atoms with van der Waals surface area (Å²) in [5.41, 5.74) is -0.613. The van der Waals surface area contributed by atoms with Crippen LogP contribution in [0.3, 0.4) is 0 Å². The first kappa shape index (κ1) is 12.3. The first-order chi connectivity index (χ1) is 8.12. The van der Waals surface area contributed by atoms with Crippen LogP contribution in [0.2, 0.25) is 0 Å². The highest BCUT2D eigenvalue weighted by Crippen LogP contribution is 2.36. The molecule has 0 aliphatic heterocycles. The van der Waals surface area contributed by atoms with E-state index >= 15 is 0 Å². The van der Waals surface area contributed by atoms with Gasteiger partial charge in [-0.05, 0) is 19.8 Å². The Balaban J connectivity index is 2.00. The van der Waals surface area contributed by atoms with Gasteiger partial charge in [-0.2, -0.15) is 4.37 Å². The molecule has 17 heavy (non-hydrogen) atoms. The van der Waals surface area contributed by atoms with Gasteiger partial charge >= 0.3 is 5.97 Å². The van der Waals surface area contributed by atoms with E-state index in [1.807, 2.05) is 6.92 Å². The Labute approximate surface area is 104 Å². The predicted octanol–water partition coefficient (Wildman–Crippen LogP) is 2.29. The van der Waals surface area contributed by atoms with Crippen molar-refractivity contribution in [2.24, 2.45) is 5.41 Å². The van der Waals surface area contributed by atoms with Crippen LogP contribution in [0.15, 0.2) is 0 Å². The zero-order valence-electron chi connectivity index (χ0n) is 9.90. The molecular weight excluding hydrogens is 238 g/mol. The molecule has 0 atom stereocenters. The summed E-state index contributed by atoms with van der Waals surface area (Å²) in [4.78, 5) is 15.6. The molecule has 1 saturated carbocycles. The lowest BCUT2D eigenvalue weighted by Crippen LogP contribution is -2.39. The smallest absolute Gasteiger partial charge is 0.311 e. The maximum absolute atomic E-state index is 11.4. The Morgan fingerprint density at radius 2 is 2.18 bits per heavy atom. The molecule has 0 spiro atoms. The number of carboxylic acids is 1. The van der Waals surface area contributed by atoms with Crippen molar-refractivity contribution in [3.05, 3.63) is 5.82 Å². The molecule has 0 amide bonds. The predicted molar refractivity (Wildman–Crippen MR) is 66.3 cm³/mol. The van der Waals surface area contributed by atoms with Crippen LogP contribution in [0, 0.1) is 12.3 Å². The fourth-order valence-electron chi connectivity index (χ4n) is 2.31. The number of carboxylic acid groups (broad SMARTS) is 1. The lowest BCUT2D eigenvalue weighted by atomic mass is 9.74. The van der Waals surface area contributed by atoms with Gasteiger partial charge in [-0.3, -0.25) is 4.79 Å². The molecule has 0 unspecified atom stereocenters. The topological polar surface area (TPSA) is 75.1 Å². The van der Waals surface area contributed by atoms with Gasteiger partial charge in [-0.1, -0.05) is 19.3 Å². The fraction of sp³-hybridized carbons (Fsp3) is 0.727. The molecule has 1 aromatic rings. The molecule has 5 nitrogen and oxygen atoms in total. The van der Waals surface area contributed by atoms with Gasteiger partial charge in [0.15, 0.2) is 0 Å². The SMILES string of the molecule is Cc1nsc(NCC2(C(=O)O)CCCCC2)n1. The van der Waals surface area contributed by atoms with E-state index in [1.165, 1.54) is 11.5 Å². The molecule has 0 bridgehead atoms. The van der Waals surface area contributed by atoms with Crippen LogP contribution in [0.5, 0.6) is 0 Å². The van der Waals surface area contributed by atoms with Crippen LogP contribution < -0.4 is 5.32 Å². The van der Waals surface area contributed by atoms with Crippen LogP contribution in [-0.2, 0) is 4.79 Å². The fourth-order valence-corrected chi connectivity index (χ4v) is 2.88. The molecular formula is C11H17N3O2S. The first-order valence-corrected chi connectivity index (χ1v) is 6.67. The van der Waals surface area contributed by atoms with Gasteiger partial charge < -0.3 is 10.4 Å². The second-order valence-electron chi connectivity index (χ2n) is 4.65.